The van der Waals surface area contributed by atoms with Crippen molar-refractivity contribution in [3.05, 3.63) is 83.2 Å². The number of ether oxygens (including phenoxy) is 3. The summed E-state index contributed by atoms with van der Waals surface area (Å²) >= 11 is 0. The van der Waals surface area contributed by atoms with Gasteiger partial charge in [0.1, 0.15) is 17.7 Å². The second-order valence-electron chi connectivity index (χ2n) is 10.8. The van der Waals surface area contributed by atoms with Crippen LogP contribution in [0.3, 0.4) is 0 Å². The molecular formula is C31H33FN4O8S. The predicted octanol–water partition coefficient (Wildman–Crippen LogP) is 2.33. The Balaban J connectivity index is 1.40. The van der Waals surface area contributed by atoms with Crippen molar-refractivity contribution >= 4 is 33.4 Å². The molecule has 5 rings (SSSR count). The average Bonchev–Trinajstić information content (AvgIpc) is 3.01. The zero-order valence-corrected chi connectivity index (χ0v) is 25.7. The molecule has 238 valence electrons. The first-order valence-electron chi connectivity index (χ1n) is 14.1. The molecule has 12 nitrogen and oxygen atoms in total. The highest BCUT2D eigenvalue weighted by molar-refractivity contribution is 7.92. The van der Waals surface area contributed by atoms with Gasteiger partial charge >= 0.3 is 0 Å². The number of rotatable bonds is 4. The fraction of sp³-hybridized carbons (Fsp3) is 0.323. The van der Waals surface area contributed by atoms with Crippen LogP contribution in [0.15, 0.2) is 60.7 Å². The fourth-order valence-electron chi connectivity index (χ4n) is 5.16. The summed E-state index contributed by atoms with van der Waals surface area (Å²) in [5, 5.41) is 5.63. The summed E-state index contributed by atoms with van der Waals surface area (Å²) in [6.45, 7) is -0.0318. The third kappa shape index (κ3) is 7.45. The van der Waals surface area contributed by atoms with E-state index in [9.17, 15) is 27.2 Å². The molecule has 0 unspecified atom stereocenters. The molecule has 3 aromatic carbocycles. The number of hydrogen-bond donors (Lipinski definition) is 2. The number of anilines is 1. The molecule has 1 saturated heterocycles. The van der Waals surface area contributed by atoms with E-state index in [1.54, 1.807) is 47.4 Å². The number of carbonyl (C=O) groups excluding carboxylic acids is 3. The van der Waals surface area contributed by atoms with Gasteiger partial charge in [-0.25, -0.2) is 12.8 Å². The third-order valence-electron chi connectivity index (χ3n) is 7.61. The molecule has 4 bridgehead atoms. The van der Waals surface area contributed by atoms with Gasteiger partial charge in [0.25, 0.3) is 17.7 Å². The maximum Gasteiger partial charge on any atom is 0.258 e. The van der Waals surface area contributed by atoms with Gasteiger partial charge in [-0.15, -0.1) is 0 Å². The number of methoxy groups -OCH3 is 1. The van der Waals surface area contributed by atoms with Gasteiger partial charge in [-0.2, -0.15) is 0 Å². The van der Waals surface area contributed by atoms with Crippen LogP contribution in [0.1, 0.15) is 32.7 Å². The monoisotopic (exact) mass is 640 g/mol. The summed E-state index contributed by atoms with van der Waals surface area (Å²) in [7, 11) is -0.617. The van der Waals surface area contributed by atoms with E-state index in [1.807, 2.05) is 0 Å². The highest BCUT2D eigenvalue weighted by atomic mass is 32.2. The van der Waals surface area contributed by atoms with Gasteiger partial charge in [-0.05, 0) is 60.2 Å². The van der Waals surface area contributed by atoms with E-state index in [0.29, 0.717) is 29.0 Å². The van der Waals surface area contributed by atoms with E-state index >= 15 is 0 Å². The number of piperidine rings is 1. The molecule has 2 aliphatic rings. The Morgan fingerprint density at radius 1 is 1.09 bits per heavy atom. The summed E-state index contributed by atoms with van der Waals surface area (Å²) in [5.74, 6) is -1.11. The van der Waals surface area contributed by atoms with E-state index in [2.05, 4.69) is 10.6 Å². The Labute approximate surface area is 260 Å². The van der Waals surface area contributed by atoms with Crippen LogP contribution < -0.4 is 29.1 Å². The lowest BCUT2D eigenvalue weighted by Gasteiger charge is -2.39. The molecule has 2 atom stereocenters. The molecule has 2 aliphatic heterocycles. The Morgan fingerprint density at radius 3 is 2.56 bits per heavy atom. The van der Waals surface area contributed by atoms with Crippen molar-refractivity contribution < 1.29 is 41.4 Å². The van der Waals surface area contributed by atoms with Gasteiger partial charge in [-0.1, -0.05) is 0 Å². The lowest BCUT2D eigenvalue weighted by atomic mass is 10.00. The Kier molecular flexibility index (Phi) is 9.14. The quantitative estimate of drug-likeness (QED) is 0.443. The molecule has 0 aromatic heterocycles. The van der Waals surface area contributed by atoms with Gasteiger partial charge in [0, 0.05) is 50.3 Å². The number of nitrogens with zero attached hydrogens (tertiary/aromatic N) is 2. The second kappa shape index (κ2) is 13.0. The van der Waals surface area contributed by atoms with Crippen LogP contribution in [0.2, 0.25) is 0 Å². The third-order valence-corrected chi connectivity index (χ3v) is 8.82. The maximum atomic E-state index is 14.6. The van der Waals surface area contributed by atoms with E-state index in [4.69, 9.17) is 14.2 Å². The smallest absolute Gasteiger partial charge is 0.258 e. The van der Waals surface area contributed by atoms with E-state index in [-0.39, 0.29) is 42.6 Å². The molecule has 2 heterocycles. The number of fused-ring (bicyclic) bond motifs is 5. The molecule has 45 heavy (non-hydrogen) atoms. The van der Waals surface area contributed by atoms with Gasteiger partial charge in [0.15, 0.2) is 18.1 Å². The molecule has 3 amide bonds. The number of hydrogen-bond acceptors (Lipinski definition) is 8. The normalized spacial score (nSPS) is 18.8. The average molecular weight is 641 g/mol. The minimum atomic E-state index is -3.47. The SMILES string of the molecule is COc1ccc2cc1OCC(=O)N[C@@H]1CN(C(=O)c3ccc(N(C)S(C)(=O)=O)cc3)CC[C@@H]1Oc1cc(F)cc(c1)CNC2=O. The first-order chi connectivity index (χ1) is 21.4. The summed E-state index contributed by atoms with van der Waals surface area (Å²) in [4.78, 5) is 41.0. The summed E-state index contributed by atoms with van der Waals surface area (Å²) < 4.78 is 56.7. The standard InChI is InChI=1S/C31H33FN4O8S/c1-35(45(3,40)41)23-7-4-20(5-8-23)31(39)36-11-10-26-25(17-36)34-29(37)18-43-28-14-21(6-9-27(28)42-2)30(38)33-16-19-12-22(32)15-24(13-19)44-26/h4-9,12-15,25-26H,10-11,16-18H2,1-3H3,(H,33,38)(H,34,37)/t25-,26+/m1/s1. The van der Waals surface area contributed by atoms with Crippen molar-refractivity contribution in [2.45, 2.75) is 25.1 Å². The minimum Gasteiger partial charge on any atom is -0.493 e. The molecular weight excluding hydrogens is 607 g/mol. The number of halogens is 1. The van der Waals surface area contributed by atoms with Crippen molar-refractivity contribution in [3.63, 3.8) is 0 Å². The lowest BCUT2D eigenvalue weighted by Crippen LogP contribution is -2.58. The minimum absolute atomic E-state index is 0.0288. The molecule has 14 heteroatoms. The number of sulfonamides is 1. The molecule has 0 radical (unpaired) electrons. The Hall–Kier alpha value is -4.85. The molecule has 0 spiro atoms. The van der Waals surface area contributed by atoms with Crippen molar-refractivity contribution in [1.82, 2.24) is 15.5 Å². The topological polar surface area (TPSA) is 144 Å². The first-order valence-corrected chi connectivity index (χ1v) is 15.9. The van der Waals surface area contributed by atoms with E-state index in [1.165, 1.54) is 32.4 Å². The van der Waals surface area contributed by atoms with Gasteiger partial charge in [0.05, 0.1) is 25.1 Å². The maximum absolute atomic E-state index is 14.6. The van der Waals surface area contributed by atoms with Crippen molar-refractivity contribution in [1.29, 1.82) is 0 Å². The van der Waals surface area contributed by atoms with Gasteiger partial charge in [0.2, 0.25) is 10.0 Å². The van der Waals surface area contributed by atoms with Crippen LogP contribution in [0.25, 0.3) is 0 Å². The number of amides is 3. The number of carbonyl (C=O) groups is 3. The molecule has 2 N–H and O–H groups in total. The second-order valence-corrected chi connectivity index (χ2v) is 12.8. The molecule has 3 aromatic rings. The summed E-state index contributed by atoms with van der Waals surface area (Å²) in [6.07, 6.45) is 0.770. The van der Waals surface area contributed by atoms with Gasteiger partial charge < -0.3 is 29.7 Å². The van der Waals surface area contributed by atoms with Crippen LogP contribution in [-0.4, -0.2) is 83.3 Å². The van der Waals surface area contributed by atoms with Crippen molar-refractivity contribution in [2.75, 3.05) is 44.4 Å². The van der Waals surface area contributed by atoms with Crippen LogP contribution >= 0.6 is 0 Å². The van der Waals surface area contributed by atoms with Crippen LogP contribution in [-0.2, 0) is 21.4 Å². The van der Waals surface area contributed by atoms with Gasteiger partial charge in [-0.3, -0.25) is 18.7 Å². The zero-order valence-electron chi connectivity index (χ0n) is 24.9. The fourth-order valence-corrected chi connectivity index (χ4v) is 5.66. The largest absolute Gasteiger partial charge is 0.493 e. The molecule has 0 aliphatic carbocycles. The Morgan fingerprint density at radius 2 is 1.84 bits per heavy atom. The van der Waals surface area contributed by atoms with E-state index < -0.39 is 46.4 Å². The highest BCUT2D eigenvalue weighted by Gasteiger charge is 2.35. The molecule has 0 saturated carbocycles. The number of likely N-dealkylation sites (tertiary alicyclic amines) is 1. The zero-order chi connectivity index (χ0) is 32.3. The predicted molar refractivity (Wildman–Crippen MR) is 163 cm³/mol. The Bertz CT molecular complexity index is 1720. The van der Waals surface area contributed by atoms with Crippen LogP contribution in [0, 0.1) is 5.82 Å². The van der Waals surface area contributed by atoms with E-state index in [0.717, 1.165) is 10.6 Å². The number of nitrogens with one attached hydrogen (secondary N) is 2. The highest BCUT2D eigenvalue weighted by Crippen LogP contribution is 2.29. The molecule has 1 fully saturated rings. The van der Waals surface area contributed by atoms with Crippen LogP contribution in [0.4, 0.5) is 10.1 Å². The van der Waals surface area contributed by atoms with Crippen molar-refractivity contribution in [3.8, 4) is 17.2 Å². The lowest BCUT2D eigenvalue weighted by molar-refractivity contribution is -0.125. The summed E-state index contributed by atoms with van der Waals surface area (Å²) in [5.41, 5.74) is 1.46. The van der Waals surface area contributed by atoms with Crippen LogP contribution in [0.5, 0.6) is 17.2 Å². The first kappa shape index (κ1) is 31.6. The summed E-state index contributed by atoms with van der Waals surface area (Å²) in [6, 6.07) is 14.2. The van der Waals surface area contributed by atoms with Crippen molar-refractivity contribution in [2.24, 2.45) is 0 Å². The number of benzene rings is 3.